The lowest BCUT2D eigenvalue weighted by Crippen LogP contribution is -2.25. The molecule has 0 saturated carbocycles. The maximum Gasteiger partial charge on any atom is 0.251 e. The van der Waals surface area contributed by atoms with Gasteiger partial charge in [-0.3, -0.25) is 4.79 Å². The fourth-order valence-electron chi connectivity index (χ4n) is 1.80. The smallest absolute Gasteiger partial charge is 0.251 e. The summed E-state index contributed by atoms with van der Waals surface area (Å²) in [5.74, 6) is 0.308. The van der Waals surface area contributed by atoms with Crippen molar-refractivity contribution < 1.29 is 4.79 Å². The van der Waals surface area contributed by atoms with E-state index in [1.165, 1.54) is 0 Å². The minimum atomic E-state index is -0.163. The number of nitrogens with zero attached hydrogens (tertiary/aromatic N) is 3. The molecule has 118 valence electrons. The highest BCUT2D eigenvalue weighted by atomic mass is 35.5. The van der Waals surface area contributed by atoms with Gasteiger partial charge in [0.2, 0.25) is 5.95 Å². The van der Waals surface area contributed by atoms with Crippen molar-refractivity contribution in [2.45, 2.75) is 13.3 Å². The molecule has 0 aliphatic carbocycles. The molecule has 0 bridgehead atoms. The van der Waals surface area contributed by atoms with Crippen LogP contribution >= 0.6 is 11.6 Å². The number of benzene rings is 1. The maximum atomic E-state index is 11.9. The molecule has 0 aliphatic heterocycles. The maximum absolute atomic E-state index is 11.9. The van der Waals surface area contributed by atoms with Gasteiger partial charge in [-0.15, -0.1) is 0 Å². The number of carbonyl (C=O) groups is 1. The minimum absolute atomic E-state index is 0.163. The summed E-state index contributed by atoms with van der Waals surface area (Å²) in [5.41, 5.74) is 1.89. The molecule has 0 unspecified atom stereocenters. The summed E-state index contributed by atoms with van der Waals surface area (Å²) in [7, 11) is 0. The molecule has 0 spiro atoms. The van der Waals surface area contributed by atoms with E-state index in [9.17, 15) is 4.79 Å². The molecular weight excluding hydrogens is 314 g/mol. The zero-order chi connectivity index (χ0) is 16.7. The third kappa shape index (κ3) is 4.94. The molecule has 0 fully saturated rings. The number of hydrogen-bond donors (Lipinski definition) is 2. The fraction of sp³-hybridized carbons (Fsp3) is 0.250. The van der Waals surface area contributed by atoms with Crippen LogP contribution in [0.3, 0.4) is 0 Å². The Morgan fingerprint density at radius 1 is 1.30 bits per heavy atom. The molecular formula is C16H16ClN5O. The van der Waals surface area contributed by atoms with Crippen LogP contribution in [0, 0.1) is 18.3 Å². The van der Waals surface area contributed by atoms with Gasteiger partial charge in [0.1, 0.15) is 5.15 Å². The molecule has 0 saturated heterocycles. The Morgan fingerprint density at radius 3 is 2.70 bits per heavy atom. The standard InChI is InChI=1S/C16H16ClN5O/c1-11-10-21-16(22-14(11)17)20-8-2-7-19-15(23)13-5-3-12(9-18)4-6-13/h3-6,10H,2,7-8H2,1H3,(H,19,23)(H,20,21,22). The SMILES string of the molecule is Cc1cnc(NCCCNC(=O)c2ccc(C#N)cc2)nc1Cl. The van der Waals surface area contributed by atoms with Crippen LogP contribution in [-0.2, 0) is 0 Å². The fourth-order valence-corrected chi connectivity index (χ4v) is 1.92. The van der Waals surface area contributed by atoms with Crippen LogP contribution in [0.15, 0.2) is 30.5 Å². The molecule has 2 N–H and O–H groups in total. The lowest BCUT2D eigenvalue weighted by Gasteiger charge is -2.07. The van der Waals surface area contributed by atoms with Crippen LogP contribution in [-0.4, -0.2) is 29.0 Å². The molecule has 0 aliphatic rings. The van der Waals surface area contributed by atoms with Crippen molar-refractivity contribution in [2.24, 2.45) is 0 Å². The number of aryl methyl sites for hydroxylation is 1. The van der Waals surface area contributed by atoms with Crippen LogP contribution in [0.25, 0.3) is 0 Å². The Hall–Kier alpha value is -2.65. The number of carbonyl (C=O) groups excluding carboxylic acids is 1. The van der Waals surface area contributed by atoms with E-state index in [4.69, 9.17) is 16.9 Å². The highest BCUT2D eigenvalue weighted by molar-refractivity contribution is 6.30. The van der Waals surface area contributed by atoms with E-state index >= 15 is 0 Å². The van der Waals surface area contributed by atoms with Gasteiger partial charge in [-0.05, 0) is 37.6 Å². The molecule has 0 atom stereocenters. The van der Waals surface area contributed by atoms with Crippen LogP contribution in [0.1, 0.15) is 27.9 Å². The first-order chi connectivity index (χ1) is 11.1. The Morgan fingerprint density at radius 2 is 2.04 bits per heavy atom. The Bertz CT molecular complexity index is 724. The van der Waals surface area contributed by atoms with E-state index in [0.29, 0.717) is 35.3 Å². The van der Waals surface area contributed by atoms with Gasteiger partial charge in [0, 0.05) is 30.4 Å². The van der Waals surface area contributed by atoms with E-state index in [-0.39, 0.29) is 5.91 Å². The summed E-state index contributed by atoms with van der Waals surface area (Å²) in [6.45, 7) is 2.98. The van der Waals surface area contributed by atoms with Gasteiger partial charge in [0.05, 0.1) is 11.6 Å². The van der Waals surface area contributed by atoms with Gasteiger partial charge in [-0.2, -0.15) is 5.26 Å². The van der Waals surface area contributed by atoms with Crippen LogP contribution in [0.5, 0.6) is 0 Å². The van der Waals surface area contributed by atoms with Gasteiger partial charge in [-0.25, -0.2) is 9.97 Å². The quantitative estimate of drug-likeness (QED) is 0.627. The number of halogens is 1. The third-order valence-electron chi connectivity index (χ3n) is 3.11. The van der Waals surface area contributed by atoms with Crippen molar-refractivity contribution in [3.8, 4) is 6.07 Å². The second-order valence-electron chi connectivity index (χ2n) is 4.89. The Balaban J connectivity index is 1.71. The second kappa shape index (κ2) is 8.11. The van der Waals surface area contributed by atoms with E-state index in [1.807, 2.05) is 13.0 Å². The molecule has 1 heterocycles. The molecule has 1 amide bonds. The summed E-state index contributed by atoms with van der Waals surface area (Å²) in [4.78, 5) is 20.1. The summed E-state index contributed by atoms with van der Waals surface area (Å²) in [6, 6.07) is 8.52. The molecule has 2 aromatic rings. The summed E-state index contributed by atoms with van der Waals surface area (Å²) in [6.07, 6.45) is 2.38. The molecule has 7 heteroatoms. The van der Waals surface area contributed by atoms with E-state index in [2.05, 4.69) is 20.6 Å². The largest absolute Gasteiger partial charge is 0.354 e. The van der Waals surface area contributed by atoms with Crippen molar-refractivity contribution in [3.63, 3.8) is 0 Å². The van der Waals surface area contributed by atoms with Crippen molar-refractivity contribution in [3.05, 3.63) is 52.3 Å². The number of rotatable bonds is 6. The first kappa shape index (κ1) is 16.7. The van der Waals surface area contributed by atoms with Gasteiger partial charge < -0.3 is 10.6 Å². The lowest BCUT2D eigenvalue weighted by molar-refractivity contribution is 0.0953. The number of anilines is 1. The molecule has 1 aromatic carbocycles. The van der Waals surface area contributed by atoms with Crippen molar-refractivity contribution in [1.82, 2.24) is 15.3 Å². The van der Waals surface area contributed by atoms with E-state index < -0.39 is 0 Å². The highest BCUT2D eigenvalue weighted by Crippen LogP contribution is 2.11. The molecule has 23 heavy (non-hydrogen) atoms. The monoisotopic (exact) mass is 329 g/mol. The third-order valence-corrected chi connectivity index (χ3v) is 3.49. The number of nitrogens with one attached hydrogen (secondary N) is 2. The van der Waals surface area contributed by atoms with Gasteiger partial charge in [0.15, 0.2) is 0 Å². The average molecular weight is 330 g/mol. The number of hydrogen-bond acceptors (Lipinski definition) is 5. The van der Waals surface area contributed by atoms with Gasteiger partial charge >= 0.3 is 0 Å². The van der Waals surface area contributed by atoms with Crippen molar-refractivity contribution >= 4 is 23.5 Å². The van der Waals surface area contributed by atoms with Gasteiger partial charge in [0.25, 0.3) is 5.91 Å². The van der Waals surface area contributed by atoms with Crippen LogP contribution in [0.4, 0.5) is 5.95 Å². The first-order valence-electron chi connectivity index (χ1n) is 7.11. The number of amides is 1. The summed E-state index contributed by atoms with van der Waals surface area (Å²) >= 11 is 5.92. The number of aromatic nitrogens is 2. The predicted molar refractivity (Wildman–Crippen MR) is 88.4 cm³/mol. The topological polar surface area (TPSA) is 90.7 Å². The second-order valence-corrected chi connectivity index (χ2v) is 5.25. The zero-order valence-corrected chi connectivity index (χ0v) is 13.4. The zero-order valence-electron chi connectivity index (χ0n) is 12.6. The van der Waals surface area contributed by atoms with Crippen molar-refractivity contribution in [2.75, 3.05) is 18.4 Å². The average Bonchev–Trinajstić information content (AvgIpc) is 2.57. The van der Waals surface area contributed by atoms with Crippen molar-refractivity contribution in [1.29, 1.82) is 5.26 Å². The normalized spacial score (nSPS) is 9.96. The summed E-state index contributed by atoms with van der Waals surface area (Å²) in [5, 5.41) is 15.0. The molecule has 0 radical (unpaired) electrons. The predicted octanol–water partition coefficient (Wildman–Crippen LogP) is 2.54. The Kier molecular flexibility index (Phi) is 5.89. The van der Waals surface area contributed by atoms with Crippen LogP contribution in [0.2, 0.25) is 5.15 Å². The van der Waals surface area contributed by atoms with E-state index in [1.54, 1.807) is 30.5 Å². The molecule has 2 rings (SSSR count). The molecule has 6 nitrogen and oxygen atoms in total. The lowest BCUT2D eigenvalue weighted by atomic mass is 10.1. The minimum Gasteiger partial charge on any atom is -0.354 e. The first-order valence-corrected chi connectivity index (χ1v) is 7.49. The Labute approximate surface area is 139 Å². The number of nitriles is 1. The van der Waals surface area contributed by atoms with Crippen LogP contribution < -0.4 is 10.6 Å². The van der Waals surface area contributed by atoms with Gasteiger partial charge in [-0.1, -0.05) is 11.6 Å². The summed E-state index contributed by atoms with van der Waals surface area (Å²) < 4.78 is 0. The highest BCUT2D eigenvalue weighted by Gasteiger charge is 2.05. The van der Waals surface area contributed by atoms with E-state index in [0.717, 1.165) is 12.0 Å². The molecule has 1 aromatic heterocycles.